The van der Waals surface area contributed by atoms with Crippen LogP contribution in [0.1, 0.15) is 27.7 Å². The SMILES string of the molecule is CC1(C)OB(c2cc(-c3ccc(-c4ccccn4)c(-c4ccccn4)c3)cc(-c3ccc(-c4ccccn4)c(-c4ccccn4)c3)c2)OC1(C)C. The monoisotopic (exact) mass is 664 g/mol. The molecule has 0 amide bonds. The molecular weight excluding hydrogens is 627 g/mol. The molecular formula is C44H37BN4O2. The molecule has 3 aromatic carbocycles. The molecule has 4 aromatic heterocycles. The molecule has 7 aromatic rings. The van der Waals surface area contributed by atoms with E-state index >= 15 is 0 Å². The predicted octanol–water partition coefficient (Wildman–Crippen LogP) is 9.57. The molecule has 5 heterocycles. The molecule has 0 aliphatic carbocycles. The third-order valence-corrected chi connectivity index (χ3v) is 9.95. The summed E-state index contributed by atoms with van der Waals surface area (Å²) in [7, 11) is -0.542. The second-order valence-corrected chi connectivity index (χ2v) is 13.8. The molecule has 1 fully saturated rings. The molecule has 7 heteroatoms. The number of rotatable bonds is 7. The summed E-state index contributed by atoms with van der Waals surface area (Å²) >= 11 is 0. The van der Waals surface area contributed by atoms with Gasteiger partial charge >= 0.3 is 7.12 Å². The molecule has 0 saturated carbocycles. The van der Waals surface area contributed by atoms with Crippen molar-refractivity contribution in [1.29, 1.82) is 0 Å². The van der Waals surface area contributed by atoms with Crippen LogP contribution in [0.25, 0.3) is 67.3 Å². The number of aromatic nitrogens is 4. The summed E-state index contributed by atoms with van der Waals surface area (Å²) in [5.74, 6) is 0. The van der Waals surface area contributed by atoms with Crippen molar-refractivity contribution in [1.82, 2.24) is 19.9 Å². The molecule has 0 radical (unpaired) electrons. The highest BCUT2D eigenvalue weighted by Gasteiger charge is 2.51. The van der Waals surface area contributed by atoms with Crippen LogP contribution in [0.3, 0.4) is 0 Å². The minimum absolute atomic E-state index is 0.485. The maximum atomic E-state index is 6.61. The fourth-order valence-electron chi connectivity index (χ4n) is 6.51. The Hall–Kier alpha value is -5.76. The van der Waals surface area contributed by atoms with Crippen LogP contribution in [0, 0.1) is 0 Å². The molecule has 1 aliphatic rings. The minimum Gasteiger partial charge on any atom is -0.399 e. The Bertz CT molecular complexity index is 2160. The number of pyridine rings is 4. The van der Waals surface area contributed by atoms with Gasteiger partial charge in [0.25, 0.3) is 0 Å². The molecule has 6 nitrogen and oxygen atoms in total. The van der Waals surface area contributed by atoms with Crippen LogP contribution >= 0.6 is 0 Å². The summed E-state index contributed by atoms with van der Waals surface area (Å²) in [5.41, 5.74) is 11.7. The Morgan fingerprint density at radius 2 is 0.765 bits per heavy atom. The van der Waals surface area contributed by atoms with Gasteiger partial charge in [-0.2, -0.15) is 0 Å². The van der Waals surface area contributed by atoms with Crippen LogP contribution < -0.4 is 5.46 Å². The van der Waals surface area contributed by atoms with E-state index in [4.69, 9.17) is 19.3 Å². The lowest BCUT2D eigenvalue weighted by Gasteiger charge is -2.32. The third-order valence-electron chi connectivity index (χ3n) is 9.95. The Kier molecular flexibility index (Phi) is 8.38. The van der Waals surface area contributed by atoms with Gasteiger partial charge in [-0.15, -0.1) is 0 Å². The summed E-state index contributed by atoms with van der Waals surface area (Å²) < 4.78 is 13.2. The van der Waals surface area contributed by atoms with Gasteiger partial charge in [-0.05, 0) is 122 Å². The van der Waals surface area contributed by atoms with E-state index in [-0.39, 0.29) is 0 Å². The Balaban J connectivity index is 1.32. The van der Waals surface area contributed by atoms with E-state index in [0.717, 1.165) is 72.7 Å². The second kappa shape index (κ2) is 13.2. The predicted molar refractivity (Wildman–Crippen MR) is 206 cm³/mol. The summed E-state index contributed by atoms with van der Waals surface area (Å²) in [4.78, 5) is 18.8. The third kappa shape index (κ3) is 6.38. The van der Waals surface area contributed by atoms with Crippen LogP contribution in [-0.2, 0) is 9.31 Å². The lowest BCUT2D eigenvalue weighted by atomic mass is 9.76. The van der Waals surface area contributed by atoms with Gasteiger partial charge in [0, 0.05) is 47.0 Å². The van der Waals surface area contributed by atoms with Gasteiger partial charge in [0.15, 0.2) is 0 Å². The standard InChI is InChI=1S/C44H37BN4O2/c1-43(2)44(3,4)51-45(50-43)34-26-32(30-17-19-35(39-13-5-9-21-46-39)37(28-30)41-15-7-11-23-48-41)25-33(27-34)31-18-20-36(40-14-6-10-22-47-40)38(29-31)42-16-8-12-24-49-42/h5-29H,1-4H3. The summed E-state index contributed by atoms with van der Waals surface area (Å²) in [6.45, 7) is 8.34. The molecule has 1 aliphatic heterocycles. The maximum Gasteiger partial charge on any atom is 0.494 e. The van der Waals surface area contributed by atoms with Gasteiger partial charge in [-0.25, -0.2) is 0 Å². The van der Waals surface area contributed by atoms with E-state index in [2.05, 4.69) is 92.3 Å². The average Bonchev–Trinajstić information content (AvgIpc) is 3.41. The van der Waals surface area contributed by atoms with Crippen molar-refractivity contribution in [2.24, 2.45) is 0 Å². The van der Waals surface area contributed by atoms with Gasteiger partial charge in [0.05, 0.1) is 34.0 Å². The summed E-state index contributed by atoms with van der Waals surface area (Å²) in [6.07, 6.45) is 7.30. The first-order chi connectivity index (χ1) is 24.8. The van der Waals surface area contributed by atoms with Crippen molar-refractivity contribution in [3.63, 3.8) is 0 Å². The highest BCUT2D eigenvalue weighted by Crippen LogP contribution is 2.40. The highest BCUT2D eigenvalue weighted by atomic mass is 16.7. The quantitative estimate of drug-likeness (QED) is 0.158. The Labute approximate surface area is 299 Å². The van der Waals surface area contributed by atoms with Gasteiger partial charge in [-0.1, -0.05) is 60.7 Å². The molecule has 0 atom stereocenters. The van der Waals surface area contributed by atoms with Crippen molar-refractivity contribution in [3.05, 3.63) is 152 Å². The fourth-order valence-corrected chi connectivity index (χ4v) is 6.51. The molecule has 51 heavy (non-hydrogen) atoms. The van der Waals surface area contributed by atoms with E-state index in [1.54, 1.807) is 0 Å². The maximum absolute atomic E-state index is 6.61. The van der Waals surface area contributed by atoms with Crippen LogP contribution in [-0.4, -0.2) is 38.3 Å². The van der Waals surface area contributed by atoms with Crippen LogP contribution in [0.5, 0.6) is 0 Å². The number of benzene rings is 3. The minimum atomic E-state index is -0.542. The Morgan fingerprint density at radius 1 is 0.392 bits per heavy atom. The first kappa shape index (κ1) is 32.4. The van der Waals surface area contributed by atoms with Crippen molar-refractivity contribution in [2.45, 2.75) is 38.9 Å². The van der Waals surface area contributed by atoms with Gasteiger partial charge in [-0.3, -0.25) is 19.9 Å². The van der Waals surface area contributed by atoms with E-state index in [1.165, 1.54) is 0 Å². The van der Waals surface area contributed by atoms with Gasteiger partial charge in [0.1, 0.15) is 0 Å². The molecule has 0 N–H and O–H groups in total. The molecule has 1 saturated heterocycles. The lowest BCUT2D eigenvalue weighted by Crippen LogP contribution is -2.41. The van der Waals surface area contributed by atoms with E-state index in [1.807, 2.05) is 97.6 Å². The van der Waals surface area contributed by atoms with Crippen LogP contribution in [0.2, 0.25) is 0 Å². The normalized spacial score (nSPS) is 14.8. The molecule has 8 rings (SSSR count). The zero-order chi connectivity index (χ0) is 35.0. The largest absolute Gasteiger partial charge is 0.494 e. The number of nitrogens with zero attached hydrogens (tertiary/aromatic N) is 4. The lowest BCUT2D eigenvalue weighted by molar-refractivity contribution is 0.00578. The van der Waals surface area contributed by atoms with Gasteiger partial charge < -0.3 is 9.31 Å². The first-order valence-electron chi connectivity index (χ1n) is 17.2. The number of hydrogen-bond donors (Lipinski definition) is 0. The average molecular weight is 665 g/mol. The summed E-state index contributed by atoms with van der Waals surface area (Å²) in [5, 5.41) is 0. The molecule has 0 spiro atoms. The highest BCUT2D eigenvalue weighted by molar-refractivity contribution is 6.62. The topological polar surface area (TPSA) is 70.0 Å². The smallest absolute Gasteiger partial charge is 0.399 e. The van der Waals surface area contributed by atoms with Crippen molar-refractivity contribution in [2.75, 3.05) is 0 Å². The van der Waals surface area contributed by atoms with Crippen LogP contribution in [0.4, 0.5) is 0 Å². The van der Waals surface area contributed by atoms with Crippen LogP contribution in [0.15, 0.2) is 152 Å². The zero-order valence-electron chi connectivity index (χ0n) is 29.1. The molecule has 0 unspecified atom stereocenters. The van der Waals surface area contributed by atoms with E-state index in [9.17, 15) is 0 Å². The first-order valence-corrected chi connectivity index (χ1v) is 17.2. The van der Waals surface area contributed by atoms with Crippen molar-refractivity contribution in [3.8, 4) is 67.3 Å². The van der Waals surface area contributed by atoms with E-state index < -0.39 is 18.3 Å². The van der Waals surface area contributed by atoms with Gasteiger partial charge in [0.2, 0.25) is 0 Å². The fraction of sp³-hybridized carbons (Fsp3) is 0.136. The molecule has 248 valence electrons. The van der Waals surface area contributed by atoms with Crippen molar-refractivity contribution >= 4 is 12.6 Å². The van der Waals surface area contributed by atoms with E-state index in [0.29, 0.717) is 0 Å². The number of hydrogen-bond acceptors (Lipinski definition) is 6. The second-order valence-electron chi connectivity index (χ2n) is 13.8. The summed E-state index contributed by atoms with van der Waals surface area (Å²) in [6, 6.07) is 43.6. The van der Waals surface area contributed by atoms with Crippen molar-refractivity contribution < 1.29 is 9.31 Å². The zero-order valence-corrected chi connectivity index (χ0v) is 29.1. The Morgan fingerprint density at radius 3 is 1.12 bits per heavy atom. The molecule has 0 bridgehead atoms.